The Bertz CT molecular complexity index is 1570. The number of hydrogen-bond donors (Lipinski definition) is 0. The zero-order chi connectivity index (χ0) is 26.3. The normalized spacial score (nSPS) is 19.7. The third-order valence-electron chi connectivity index (χ3n) is 7.96. The van der Waals surface area contributed by atoms with Crippen LogP contribution in [0.5, 0.6) is 0 Å². The quantitative estimate of drug-likeness (QED) is 0.369. The molecule has 2 aromatic carbocycles. The predicted octanol–water partition coefficient (Wildman–Crippen LogP) is 4.86. The lowest BCUT2D eigenvalue weighted by molar-refractivity contribution is 0.0692. The number of sulfone groups is 1. The Balaban J connectivity index is 1.34. The van der Waals surface area contributed by atoms with E-state index in [4.69, 9.17) is 10.1 Å². The zero-order valence-electron chi connectivity index (χ0n) is 21.6. The Hall–Kier alpha value is -3.52. The molecule has 2 aromatic heterocycles. The van der Waals surface area contributed by atoms with Crippen LogP contribution >= 0.6 is 0 Å². The molecule has 38 heavy (non-hydrogen) atoms. The van der Waals surface area contributed by atoms with E-state index in [9.17, 15) is 13.2 Å². The molecule has 0 aliphatic carbocycles. The number of piperidine rings is 1. The molecule has 7 nitrogen and oxygen atoms in total. The molecule has 1 amide bonds. The molecule has 1 atom stereocenters. The van der Waals surface area contributed by atoms with Crippen molar-refractivity contribution in [1.82, 2.24) is 19.7 Å². The van der Waals surface area contributed by atoms with Crippen molar-refractivity contribution in [3.8, 4) is 11.3 Å². The smallest absolute Gasteiger partial charge is 0.254 e. The van der Waals surface area contributed by atoms with Crippen molar-refractivity contribution in [2.75, 3.05) is 24.6 Å². The molecule has 2 aliphatic heterocycles. The minimum atomic E-state index is -3.10. The number of carbonyl (C=O) groups is 1. The lowest BCUT2D eigenvalue weighted by Gasteiger charge is -2.32. The van der Waals surface area contributed by atoms with Crippen LogP contribution in [0.15, 0.2) is 66.7 Å². The van der Waals surface area contributed by atoms with Crippen molar-refractivity contribution in [2.24, 2.45) is 5.92 Å². The van der Waals surface area contributed by atoms with Gasteiger partial charge in [0.15, 0.2) is 15.5 Å². The lowest BCUT2D eigenvalue weighted by Crippen LogP contribution is -2.39. The van der Waals surface area contributed by atoms with Gasteiger partial charge in [-0.2, -0.15) is 5.10 Å². The van der Waals surface area contributed by atoms with Crippen LogP contribution in [0.25, 0.3) is 22.3 Å². The number of aromatic nitrogens is 3. The highest BCUT2D eigenvalue weighted by atomic mass is 32.2. The summed E-state index contributed by atoms with van der Waals surface area (Å²) in [4.78, 5) is 20.9. The van der Waals surface area contributed by atoms with Crippen molar-refractivity contribution in [3.05, 3.63) is 83.6 Å². The molecule has 4 heterocycles. The third kappa shape index (κ3) is 4.85. The fourth-order valence-electron chi connectivity index (χ4n) is 5.92. The van der Waals surface area contributed by atoms with Crippen LogP contribution in [0.4, 0.5) is 0 Å². The Morgan fingerprint density at radius 1 is 0.974 bits per heavy atom. The van der Waals surface area contributed by atoms with Gasteiger partial charge in [-0.15, -0.1) is 0 Å². The van der Waals surface area contributed by atoms with Crippen molar-refractivity contribution in [2.45, 2.75) is 38.6 Å². The summed E-state index contributed by atoms with van der Waals surface area (Å²) in [5.74, 6) is 0.765. The monoisotopic (exact) mass is 528 g/mol. The van der Waals surface area contributed by atoms with E-state index in [1.807, 2.05) is 54.3 Å². The number of rotatable bonds is 5. The SMILES string of the molecule is Cc1nn(C2CCS(=O)(=O)C2)c2nc(-c3ccccc3)cc(C(=O)N3CCC(Cc4ccccc4)CC3)c12. The first-order valence-electron chi connectivity index (χ1n) is 13.4. The minimum absolute atomic E-state index is 0.00515. The topological polar surface area (TPSA) is 85.2 Å². The highest BCUT2D eigenvalue weighted by molar-refractivity contribution is 7.91. The lowest BCUT2D eigenvalue weighted by atomic mass is 9.90. The number of fused-ring (bicyclic) bond motifs is 1. The highest BCUT2D eigenvalue weighted by Crippen LogP contribution is 2.33. The van der Waals surface area contributed by atoms with E-state index in [0.717, 1.165) is 43.3 Å². The van der Waals surface area contributed by atoms with Crippen LogP contribution in [0.2, 0.25) is 0 Å². The van der Waals surface area contributed by atoms with Gasteiger partial charge in [0.05, 0.1) is 39.9 Å². The Morgan fingerprint density at radius 3 is 2.32 bits per heavy atom. The van der Waals surface area contributed by atoms with E-state index in [0.29, 0.717) is 34.9 Å². The number of aryl methyl sites for hydroxylation is 1. The van der Waals surface area contributed by atoms with Gasteiger partial charge >= 0.3 is 0 Å². The molecule has 196 valence electrons. The van der Waals surface area contributed by atoms with Crippen LogP contribution in [-0.2, 0) is 16.3 Å². The fourth-order valence-corrected chi connectivity index (χ4v) is 7.61. The number of hydrogen-bond acceptors (Lipinski definition) is 5. The van der Waals surface area contributed by atoms with Gasteiger partial charge in [-0.1, -0.05) is 60.7 Å². The molecular weight excluding hydrogens is 496 g/mol. The molecule has 2 aliphatic rings. The van der Waals surface area contributed by atoms with Gasteiger partial charge < -0.3 is 4.90 Å². The zero-order valence-corrected chi connectivity index (χ0v) is 22.4. The molecule has 1 unspecified atom stereocenters. The van der Waals surface area contributed by atoms with E-state index in [-0.39, 0.29) is 23.5 Å². The van der Waals surface area contributed by atoms with Gasteiger partial charge in [0.1, 0.15) is 0 Å². The molecule has 6 rings (SSSR count). The summed E-state index contributed by atoms with van der Waals surface area (Å²) in [6.07, 6.45) is 3.49. The summed E-state index contributed by atoms with van der Waals surface area (Å²) < 4.78 is 26.2. The van der Waals surface area contributed by atoms with Crippen LogP contribution in [0, 0.1) is 12.8 Å². The van der Waals surface area contributed by atoms with Gasteiger partial charge in [-0.3, -0.25) is 4.79 Å². The molecule has 0 bridgehead atoms. The predicted molar refractivity (Wildman–Crippen MR) is 149 cm³/mol. The van der Waals surface area contributed by atoms with E-state index in [1.165, 1.54) is 5.56 Å². The number of benzene rings is 2. The van der Waals surface area contributed by atoms with E-state index in [2.05, 4.69) is 24.3 Å². The van der Waals surface area contributed by atoms with Gasteiger partial charge in [-0.25, -0.2) is 18.1 Å². The van der Waals surface area contributed by atoms with Crippen LogP contribution in [0.1, 0.15) is 46.9 Å². The Labute approximate surface area is 223 Å². The summed E-state index contributed by atoms with van der Waals surface area (Å²) in [7, 11) is -3.10. The highest BCUT2D eigenvalue weighted by Gasteiger charge is 2.33. The van der Waals surface area contributed by atoms with Crippen LogP contribution < -0.4 is 0 Å². The Morgan fingerprint density at radius 2 is 1.66 bits per heavy atom. The first kappa shape index (κ1) is 24.8. The van der Waals surface area contributed by atoms with E-state index < -0.39 is 9.84 Å². The van der Waals surface area contributed by atoms with Gasteiger partial charge in [0.2, 0.25) is 0 Å². The summed E-state index contributed by atoms with van der Waals surface area (Å²) in [5, 5.41) is 5.47. The minimum Gasteiger partial charge on any atom is -0.339 e. The molecule has 0 radical (unpaired) electrons. The molecular formula is C30H32N4O3S. The van der Waals surface area contributed by atoms with E-state index >= 15 is 0 Å². The molecule has 4 aromatic rings. The second-order valence-electron chi connectivity index (χ2n) is 10.6. The molecule has 0 spiro atoms. The number of nitrogens with zero attached hydrogens (tertiary/aromatic N) is 4. The maximum absolute atomic E-state index is 14.0. The van der Waals surface area contributed by atoms with Crippen molar-refractivity contribution in [3.63, 3.8) is 0 Å². The van der Waals surface area contributed by atoms with Gasteiger partial charge in [-0.05, 0) is 50.2 Å². The fraction of sp³-hybridized carbons (Fsp3) is 0.367. The average Bonchev–Trinajstić information content (AvgIpc) is 3.47. The van der Waals surface area contributed by atoms with Crippen molar-refractivity contribution >= 4 is 26.8 Å². The number of pyridine rings is 1. The number of amides is 1. The van der Waals surface area contributed by atoms with Crippen LogP contribution in [-0.4, -0.2) is 58.6 Å². The summed E-state index contributed by atoms with van der Waals surface area (Å²) >= 11 is 0. The Kier molecular flexibility index (Phi) is 6.51. The van der Waals surface area contributed by atoms with Gasteiger partial charge in [0, 0.05) is 18.7 Å². The largest absolute Gasteiger partial charge is 0.339 e. The molecule has 0 N–H and O–H groups in total. The molecule has 0 saturated carbocycles. The second-order valence-corrected chi connectivity index (χ2v) is 12.9. The molecule has 2 saturated heterocycles. The van der Waals surface area contributed by atoms with Crippen LogP contribution in [0.3, 0.4) is 0 Å². The van der Waals surface area contributed by atoms with Crippen molar-refractivity contribution in [1.29, 1.82) is 0 Å². The summed E-state index contributed by atoms with van der Waals surface area (Å²) in [6, 6.07) is 22.0. The molecule has 8 heteroatoms. The first-order valence-corrected chi connectivity index (χ1v) is 15.2. The second kappa shape index (κ2) is 9.98. The standard InChI is InChI=1S/C30H32N4O3S/c1-21-28-26(30(35)33-15-12-23(13-16-33)18-22-8-4-2-5-9-22)19-27(24-10-6-3-7-11-24)31-29(28)34(32-21)25-14-17-38(36,37)20-25/h2-11,19,23,25H,12-18,20H2,1H3. The first-order chi connectivity index (χ1) is 18.4. The maximum Gasteiger partial charge on any atom is 0.254 e. The number of likely N-dealkylation sites (tertiary alicyclic amines) is 1. The maximum atomic E-state index is 14.0. The molecule has 2 fully saturated rings. The van der Waals surface area contributed by atoms with Crippen molar-refractivity contribution < 1.29 is 13.2 Å². The van der Waals surface area contributed by atoms with Gasteiger partial charge in [0.25, 0.3) is 5.91 Å². The van der Waals surface area contributed by atoms with E-state index in [1.54, 1.807) is 4.68 Å². The summed E-state index contributed by atoms with van der Waals surface area (Å²) in [5.41, 5.74) is 4.85. The average molecular weight is 529 g/mol. The third-order valence-corrected chi connectivity index (χ3v) is 9.71. The summed E-state index contributed by atoms with van der Waals surface area (Å²) in [6.45, 7) is 3.32. The number of carbonyl (C=O) groups excluding carboxylic acids is 1.